The van der Waals surface area contributed by atoms with Crippen molar-refractivity contribution in [3.63, 3.8) is 0 Å². The van der Waals surface area contributed by atoms with Crippen molar-refractivity contribution >= 4 is 15.7 Å². The maximum atomic E-state index is 13.1. The van der Waals surface area contributed by atoms with Crippen LogP contribution < -0.4 is 0 Å². The van der Waals surface area contributed by atoms with E-state index in [1.807, 2.05) is 6.07 Å². The number of hydrogen-bond acceptors (Lipinski definition) is 1. The molecule has 1 atom stereocenters. The normalized spacial score (nSPS) is 21.2. The molecule has 2 rings (SSSR count). The average Bonchev–Trinajstić information content (AvgIpc) is 2.48. The lowest BCUT2D eigenvalue weighted by molar-refractivity contribution is 0.673. The molecule has 0 spiro atoms. The summed E-state index contributed by atoms with van der Waals surface area (Å²) in [6, 6.07) is 8.93. The van der Waals surface area contributed by atoms with Gasteiger partial charge in [-0.05, 0) is 11.6 Å². The molecule has 1 unspecified atom stereocenters. The molecule has 0 aliphatic carbocycles. The highest BCUT2D eigenvalue weighted by atomic mass is 32.2. The van der Waals surface area contributed by atoms with E-state index in [4.69, 9.17) is 0 Å². The third-order valence-electron chi connectivity index (χ3n) is 1.79. The van der Waals surface area contributed by atoms with E-state index in [0.717, 1.165) is 0 Å². The van der Waals surface area contributed by atoms with Gasteiger partial charge in [-0.25, -0.2) is 8.60 Å². The van der Waals surface area contributed by atoms with Crippen molar-refractivity contribution in [1.29, 1.82) is 0 Å². The summed E-state index contributed by atoms with van der Waals surface area (Å²) in [5.74, 6) is -0.399. The summed E-state index contributed by atoms with van der Waals surface area (Å²) >= 11 is 0. The Balaban J connectivity index is 2.50. The molecule has 1 aromatic rings. The SMILES string of the molecule is O=S1C=CC(F)=C1c1ccccc1. The summed E-state index contributed by atoms with van der Waals surface area (Å²) in [4.78, 5) is 0.278. The molecule has 1 aliphatic heterocycles. The van der Waals surface area contributed by atoms with E-state index >= 15 is 0 Å². The van der Waals surface area contributed by atoms with Crippen LogP contribution in [0.5, 0.6) is 0 Å². The number of allylic oxidation sites excluding steroid dienone is 2. The molecule has 0 saturated heterocycles. The fraction of sp³-hybridized carbons (Fsp3) is 0. The van der Waals surface area contributed by atoms with E-state index in [1.54, 1.807) is 24.3 Å². The molecule has 0 aromatic heterocycles. The largest absolute Gasteiger partial charge is 0.250 e. The van der Waals surface area contributed by atoms with Crippen molar-refractivity contribution < 1.29 is 8.60 Å². The Labute approximate surface area is 78.0 Å². The summed E-state index contributed by atoms with van der Waals surface area (Å²) < 4.78 is 24.4. The highest BCUT2D eigenvalue weighted by Gasteiger charge is 2.17. The third-order valence-corrected chi connectivity index (χ3v) is 3.01. The molecule has 1 heterocycles. The second kappa shape index (κ2) is 3.26. The standard InChI is InChI=1S/C10H7FOS/c11-9-6-7-13(12)10(9)8-4-2-1-3-5-8/h1-7H. The summed E-state index contributed by atoms with van der Waals surface area (Å²) in [5, 5.41) is 1.36. The first-order valence-corrected chi connectivity index (χ1v) is 5.04. The molecule has 1 aromatic carbocycles. The monoisotopic (exact) mass is 194 g/mol. The molecule has 3 heteroatoms. The summed E-state index contributed by atoms with van der Waals surface area (Å²) in [6.07, 6.45) is 1.25. The Kier molecular flexibility index (Phi) is 2.10. The summed E-state index contributed by atoms with van der Waals surface area (Å²) in [6.45, 7) is 0. The maximum Gasteiger partial charge on any atom is 0.140 e. The van der Waals surface area contributed by atoms with Crippen LogP contribution in [-0.4, -0.2) is 4.21 Å². The van der Waals surface area contributed by atoms with Crippen LogP contribution in [0.1, 0.15) is 5.56 Å². The molecular weight excluding hydrogens is 187 g/mol. The van der Waals surface area contributed by atoms with Gasteiger partial charge in [-0.1, -0.05) is 30.3 Å². The smallest absolute Gasteiger partial charge is 0.140 e. The van der Waals surface area contributed by atoms with E-state index in [0.29, 0.717) is 5.56 Å². The van der Waals surface area contributed by atoms with E-state index in [1.165, 1.54) is 11.5 Å². The average molecular weight is 194 g/mol. The molecule has 0 amide bonds. The van der Waals surface area contributed by atoms with Crippen LogP contribution in [0, 0.1) is 0 Å². The van der Waals surface area contributed by atoms with Crippen LogP contribution in [0.4, 0.5) is 4.39 Å². The van der Waals surface area contributed by atoms with Crippen LogP contribution in [0.3, 0.4) is 0 Å². The van der Waals surface area contributed by atoms with E-state index in [2.05, 4.69) is 0 Å². The second-order valence-corrected chi connectivity index (χ2v) is 3.92. The van der Waals surface area contributed by atoms with Crippen LogP contribution in [0.2, 0.25) is 0 Å². The maximum absolute atomic E-state index is 13.1. The Hall–Kier alpha value is -1.22. The molecule has 0 bridgehead atoms. The lowest BCUT2D eigenvalue weighted by Gasteiger charge is -1.99. The highest BCUT2D eigenvalue weighted by molar-refractivity contribution is 7.97. The van der Waals surface area contributed by atoms with Crippen molar-refractivity contribution in [1.82, 2.24) is 0 Å². The van der Waals surface area contributed by atoms with Gasteiger partial charge >= 0.3 is 0 Å². The first kappa shape index (κ1) is 8.38. The number of hydrogen-bond donors (Lipinski definition) is 0. The minimum absolute atomic E-state index is 0.278. The Morgan fingerprint density at radius 2 is 1.85 bits per heavy atom. The van der Waals surface area contributed by atoms with Gasteiger partial charge in [0.15, 0.2) is 0 Å². The molecule has 0 N–H and O–H groups in total. The Morgan fingerprint density at radius 1 is 1.15 bits per heavy atom. The molecule has 0 saturated carbocycles. The number of halogens is 1. The first-order valence-electron chi connectivity index (χ1n) is 3.83. The molecule has 0 fully saturated rings. The topological polar surface area (TPSA) is 17.1 Å². The number of benzene rings is 1. The van der Waals surface area contributed by atoms with Gasteiger partial charge in [0.2, 0.25) is 0 Å². The Bertz CT molecular complexity index is 406. The zero-order valence-electron chi connectivity index (χ0n) is 6.74. The van der Waals surface area contributed by atoms with Gasteiger partial charge in [-0.15, -0.1) is 0 Å². The predicted octanol–water partition coefficient (Wildman–Crippen LogP) is 2.60. The lowest BCUT2D eigenvalue weighted by atomic mass is 10.2. The van der Waals surface area contributed by atoms with Crippen molar-refractivity contribution in [2.45, 2.75) is 0 Å². The van der Waals surface area contributed by atoms with Crippen LogP contribution in [0.25, 0.3) is 4.91 Å². The molecular formula is C10H7FOS. The van der Waals surface area contributed by atoms with Gasteiger partial charge in [-0.2, -0.15) is 0 Å². The van der Waals surface area contributed by atoms with E-state index in [-0.39, 0.29) is 4.91 Å². The summed E-state index contributed by atoms with van der Waals surface area (Å²) in [5.41, 5.74) is 0.684. The van der Waals surface area contributed by atoms with Crippen LogP contribution in [-0.2, 0) is 10.8 Å². The molecule has 0 radical (unpaired) electrons. The highest BCUT2D eigenvalue weighted by Crippen LogP contribution is 2.29. The minimum atomic E-state index is -1.32. The van der Waals surface area contributed by atoms with Gasteiger partial charge in [0, 0.05) is 5.41 Å². The fourth-order valence-electron chi connectivity index (χ4n) is 1.20. The van der Waals surface area contributed by atoms with Gasteiger partial charge in [0.1, 0.15) is 5.83 Å². The van der Waals surface area contributed by atoms with E-state index in [9.17, 15) is 8.60 Å². The third kappa shape index (κ3) is 1.47. The Morgan fingerprint density at radius 3 is 2.38 bits per heavy atom. The lowest BCUT2D eigenvalue weighted by Crippen LogP contribution is -1.87. The van der Waals surface area contributed by atoms with Crippen molar-refractivity contribution in [3.8, 4) is 0 Å². The predicted molar refractivity (Wildman–Crippen MR) is 51.8 cm³/mol. The van der Waals surface area contributed by atoms with Crippen molar-refractivity contribution in [3.05, 3.63) is 53.2 Å². The van der Waals surface area contributed by atoms with Crippen molar-refractivity contribution in [2.75, 3.05) is 0 Å². The van der Waals surface area contributed by atoms with Crippen LogP contribution in [0.15, 0.2) is 47.6 Å². The van der Waals surface area contributed by atoms with Gasteiger partial charge < -0.3 is 0 Å². The molecule has 1 nitrogen and oxygen atoms in total. The molecule has 66 valence electrons. The molecule has 13 heavy (non-hydrogen) atoms. The fourth-order valence-corrected chi connectivity index (χ4v) is 2.21. The van der Waals surface area contributed by atoms with Gasteiger partial charge in [-0.3, -0.25) is 0 Å². The minimum Gasteiger partial charge on any atom is -0.250 e. The second-order valence-electron chi connectivity index (χ2n) is 2.64. The zero-order valence-corrected chi connectivity index (χ0v) is 7.55. The van der Waals surface area contributed by atoms with Gasteiger partial charge in [0.05, 0.1) is 15.7 Å². The first-order chi connectivity index (χ1) is 6.29. The van der Waals surface area contributed by atoms with Gasteiger partial charge in [0.25, 0.3) is 0 Å². The van der Waals surface area contributed by atoms with E-state index < -0.39 is 16.6 Å². The van der Waals surface area contributed by atoms with Crippen LogP contribution >= 0.6 is 0 Å². The summed E-state index contributed by atoms with van der Waals surface area (Å²) in [7, 11) is -1.32. The van der Waals surface area contributed by atoms with Crippen molar-refractivity contribution in [2.24, 2.45) is 0 Å². The quantitative estimate of drug-likeness (QED) is 0.671. The number of rotatable bonds is 1. The molecule has 1 aliphatic rings. The zero-order chi connectivity index (χ0) is 9.26.